The van der Waals surface area contributed by atoms with Crippen LogP contribution >= 0.6 is 0 Å². The molecular weight excluding hydrogens is 318 g/mol. The van der Waals surface area contributed by atoms with Crippen LogP contribution in [0, 0.1) is 6.92 Å². The lowest BCUT2D eigenvalue weighted by Crippen LogP contribution is -2.32. The molecular formula is C16H20F2N4O2. The maximum absolute atomic E-state index is 13.3. The van der Waals surface area contributed by atoms with E-state index in [0.29, 0.717) is 42.7 Å². The van der Waals surface area contributed by atoms with Gasteiger partial charge in [-0.15, -0.1) is 0 Å². The smallest absolute Gasteiger partial charge is 0.265 e. The van der Waals surface area contributed by atoms with Gasteiger partial charge in [-0.1, -0.05) is 0 Å². The molecule has 24 heavy (non-hydrogen) atoms. The van der Waals surface area contributed by atoms with Crippen molar-refractivity contribution < 1.29 is 17.9 Å². The normalized spacial score (nSPS) is 17.8. The van der Waals surface area contributed by atoms with E-state index < -0.39 is 5.92 Å². The van der Waals surface area contributed by atoms with Crippen molar-refractivity contribution in [2.45, 2.75) is 51.2 Å². The topological polar surface area (TPSA) is 73.1 Å². The molecule has 0 amide bonds. The quantitative estimate of drug-likeness (QED) is 0.898. The Kier molecular flexibility index (Phi) is 4.75. The number of oxazole rings is 1. The molecule has 1 saturated carbocycles. The summed E-state index contributed by atoms with van der Waals surface area (Å²) in [7, 11) is 1.58. The lowest BCUT2D eigenvalue weighted by atomic mass is 9.92. The van der Waals surface area contributed by atoms with E-state index >= 15 is 0 Å². The molecule has 0 radical (unpaired) electrons. The zero-order valence-corrected chi connectivity index (χ0v) is 13.7. The van der Waals surface area contributed by atoms with Gasteiger partial charge in [0, 0.05) is 32.1 Å². The molecule has 6 nitrogen and oxygen atoms in total. The summed E-state index contributed by atoms with van der Waals surface area (Å²) in [6.45, 7) is 2.12. The first-order chi connectivity index (χ1) is 11.4. The summed E-state index contributed by atoms with van der Waals surface area (Å²) in [4.78, 5) is 13.0. The Morgan fingerprint density at radius 1 is 1.29 bits per heavy atom. The Morgan fingerprint density at radius 3 is 2.67 bits per heavy atom. The van der Waals surface area contributed by atoms with Gasteiger partial charge in [0.15, 0.2) is 0 Å². The van der Waals surface area contributed by atoms with Crippen molar-refractivity contribution in [3.8, 4) is 11.7 Å². The Balaban J connectivity index is 1.80. The molecule has 0 aliphatic heterocycles. The van der Waals surface area contributed by atoms with Crippen LogP contribution in [0.3, 0.4) is 0 Å². The van der Waals surface area contributed by atoms with Gasteiger partial charge in [-0.2, -0.15) is 0 Å². The molecule has 130 valence electrons. The second kappa shape index (κ2) is 6.80. The highest BCUT2D eigenvalue weighted by molar-refractivity contribution is 5.48. The maximum Gasteiger partial charge on any atom is 0.265 e. The number of hydrogen-bond acceptors (Lipinski definition) is 6. The second-order valence-corrected chi connectivity index (χ2v) is 6.07. The summed E-state index contributed by atoms with van der Waals surface area (Å²) < 4.78 is 37.0. The van der Waals surface area contributed by atoms with Crippen LogP contribution in [-0.2, 0) is 11.3 Å². The van der Waals surface area contributed by atoms with Crippen molar-refractivity contribution in [3.05, 3.63) is 23.7 Å². The third-order valence-electron chi connectivity index (χ3n) is 3.95. The first kappa shape index (κ1) is 16.8. The molecule has 0 spiro atoms. The van der Waals surface area contributed by atoms with Crippen molar-refractivity contribution in [2.24, 2.45) is 0 Å². The van der Waals surface area contributed by atoms with Gasteiger partial charge >= 0.3 is 0 Å². The van der Waals surface area contributed by atoms with Gasteiger partial charge in [-0.25, -0.2) is 23.7 Å². The fraction of sp³-hybridized carbons (Fsp3) is 0.562. The first-order valence-electron chi connectivity index (χ1n) is 7.89. The summed E-state index contributed by atoms with van der Waals surface area (Å²) in [5, 5.41) is 3.22. The minimum atomic E-state index is -2.55. The number of nitrogens with one attached hydrogen (secondary N) is 1. The number of anilines is 1. The molecule has 3 rings (SSSR count). The summed E-state index contributed by atoms with van der Waals surface area (Å²) in [6, 6.07) is 1.73. The van der Waals surface area contributed by atoms with Crippen LogP contribution in [0.2, 0.25) is 0 Å². The second-order valence-electron chi connectivity index (χ2n) is 6.07. The van der Waals surface area contributed by atoms with Crippen LogP contribution in [-0.4, -0.2) is 34.0 Å². The van der Waals surface area contributed by atoms with Gasteiger partial charge < -0.3 is 14.5 Å². The van der Waals surface area contributed by atoms with Gasteiger partial charge in [0.05, 0.1) is 18.0 Å². The highest BCUT2D eigenvalue weighted by Crippen LogP contribution is 2.34. The van der Waals surface area contributed by atoms with E-state index in [1.165, 1.54) is 6.26 Å². The highest BCUT2D eigenvalue weighted by atomic mass is 19.3. The Bertz CT molecular complexity index is 695. The fourth-order valence-corrected chi connectivity index (χ4v) is 2.74. The van der Waals surface area contributed by atoms with Crippen molar-refractivity contribution >= 4 is 5.82 Å². The number of nitrogens with zero attached hydrogens (tertiary/aromatic N) is 3. The number of aromatic nitrogens is 3. The maximum atomic E-state index is 13.3. The van der Waals surface area contributed by atoms with Crippen LogP contribution in [0.15, 0.2) is 16.7 Å². The minimum Gasteiger partial charge on any atom is -0.442 e. The van der Waals surface area contributed by atoms with E-state index in [4.69, 9.17) is 9.15 Å². The standard InChI is InChI=1S/C16H20F2N4O2/c1-10-8-24-15(19-10)14-21-12(9-23-2)7-13(22-14)20-11-3-5-16(17,18)6-4-11/h7-8,11H,3-6,9H2,1-2H3,(H,20,21,22). The number of alkyl halides is 2. The molecule has 1 fully saturated rings. The monoisotopic (exact) mass is 338 g/mol. The predicted molar refractivity (Wildman–Crippen MR) is 83.8 cm³/mol. The summed E-state index contributed by atoms with van der Waals surface area (Å²) in [6.07, 6.45) is 2.13. The lowest BCUT2D eigenvalue weighted by molar-refractivity contribution is -0.0361. The lowest BCUT2D eigenvalue weighted by Gasteiger charge is -2.29. The number of hydrogen-bond donors (Lipinski definition) is 1. The van der Waals surface area contributed by atoms with Crippen LogP contribution in [0.1, 0.15) is 37.1 Å². The molecule has 2 aromatic heterocycles. The molecule has 0 aromatic carbocycles. The third-order valence-corrected chi connectivity index (χ3v) is 3.95. The van der Waals surface area contributed by atoms with Crippen molar-refractivity contribution in [1.29, 1.82) is 0 Å². The van der Waals surface area contributed by atoms with Crippen molar-refractivity contribution in [2.75, 3.05) is 12.4 Å². The molecule has 0 bridgehead atoms. The molecule has 0 saturated heterocycles. The largest absolute Gasteiger partial charge is 0.442 e. The van der Waals surface area contributed by atoms with Gasteiger partial charge in [-0.3, -0.25) is 0 Å². The van der Waals surface area contributed by atoms with Crippen LogP contribution in [0.4, 0.5) is 14.6 Å². The van der Waals surface area contributed by atoms with Crippen LogP contribution in [0.5, 0.6) is 0 Å². The zero-order valence-electron chi connectivity index (χ0n) is 13.7. The Labute approximate surface area is 138 Å². The molecule has 1 N–H and O–H groups in total. The number of methoxy groups -OCH3 is 1. The summed E-state index contributed by atoms with van der Waals surface area (Å²) >= 11 is 0. The molecule has 0 atom stereocenters. The highest BCUT2D eigenvalue weighted by Gasteiger charge is 2.35. The third kappa shape index (κ3) is 4.05. The van der Waals surface area contributed by atoms with E-state index in [9.17, 15) is 8.78 Å². The van der Waals surface area contributed by atoms with E-state index in [1.807, 2.05) is 6.92 Å². The molecule has 2 heterocycles. The van der Waals surface area contributed by atoms with Crippen molar-refractivity contribution in [3.63, 3.8) is 0 Å². The Morgan fingerprint density at radius 2 is 2.04 bits per heavy atom. The average Bonchev–Trinajstić information content (AvgIpc) is 2.96. The Hall–Kier alpha value is -2.09. The number of halogens is 2. The van der Waals surface area contributed by atoms with E-state index in [2.05, 4.69) is 20.3 Å². The van der Waals surface area contributed by atoms with Crippen LogP contribution < -0.4 is 5.32 Å². The first-order valence-corrected chi connectivity index (χ1v) is 7.89. The molecule has 1 aliphatic rings. The molecule has 2 aromatic rings. The van der Waals surface area contributed by atoms with Gasteiger partial charge in [0.1, 0.15) is 12.1 Å². The average molecular weight is 338 g/mol. The molecule has 0 unspecified atom stereocenters. The number of rotatable bonds is 5. The van der Waals surface area contributed by atoms with Gasteiger partial charge in [-0.05, 0) is 19.8 Å². The fourth-order valence-electron chi connectivity index (χ4n) is 2.74. The number of aryl methyl sites for hydroxylation is 1. The minimum absolute atomic E-state index is 0.0333. The molecule has 1 aliphatic carbocycles. The summed E-state index contributed by atoms with van der Waals surface area (Å²) in [5.41, 5.74) is 1.40. The van der Waals surface area contributed by atoms with Gasteiger partial charge in [0.2, 0.25) is 11.7 Å². The number of ether oxygens (including phenoxy) is 1. The molecule has 8 heteroatoms. The van der Waals surface area contributed by atoms with E-state index in [0.717, 1.165) is 5.69 Å². The predicted octanol–water partition coefficient (Wildman–Crippen LogP) is 3.58. The van der Waals surface area contributed by atoms with E-state index in [-0.39, 0.29) is 18.9 Å². The zero-order chi connectivity index (χ0) is 17.2. The summed E-state index contributed by atoms with van der Waals surface area (Å²) in [5.74, 6) is -1.31. The van der Waals surface area contributed by atoms with Crippen LogP contribution in [0.25, 0.3) is 11.7 Å². The van der Waals surface area contributed by atoms with Gasteiger partial charge in [0.25, 0.3) is 5.89 Å². The SMILES string of the molecule is COCc1cc(NC2CCC(F)(F)CC2)nc(-c2nc(C)co2)n1. The van der Waals surface area contributed by atoms with E-state index in [1.54, 1.807) is 13.2 Å². The van der Waals surface area contributed by atoms with Crippen molar-refractivity contribution in [1.82, 2.24) is 15.0 Å².